The summed E-state index contributed by atoms with van der Waals surface area (Å²) >= 11 is 18.6. The largest absolute Gasteiger partial charge is 0.481 e. The number of hydrogen-bond acceptors (Lipinski definition) is 4. The fourth-order valence-corrected chi connectivity index (χ4v) is 5.70. The van der Waals surface area contributed by atoms with E-state index in [-0.39, 0.29) is 35.6 Å². The summed E-state index contributed by atoms with van der Waals surface area (Å²) in [4.78, 5) is 24.1. The summed E-state index contributed by atoms with van der Waals surface area (Å²) in [6.07, 6.45) is 5.45. The number of nitrogens with zero attached hydrogens (tertiary/aromatic N) is 3. The molecule has 1 aromatic heterocycles. The zero-order chi connectivity index (χ0) is 25.3. The van der Waals surface area contributed by atoms with E-state index in [0.29, 0.717) is 34.0 Å². The maximum atomic E-state index is 12.9. The van der Waals surface area contributed by atoms with Crippen molar-refractivity contribution in [2.75, 3.05) is 5.32 Å². The number of carbonyl (C=O) groups excluding carboxylic acids is 1. The minimum absolute atomic E-state index is 0.0487. The van der Waals surface area contributed by atoms with Crippen LogP contribution in [0.25, 0.3) is 0 Å². The predicted molar refractivity (Wildman–Crippen MR) is 138 cm³/mol. The van der Waals surface area contributed by atoms with Gasteiger partial charge in [0.25, 0.3) is 0 Å². The molecule has 0 spiro atoms. The summed E-state index contributed by atoms with van der Waals surface area (Å²) in [5, 5.41) is 22.0. The average Bonchev–Trinajstić information content (AvgIpc) is 3.47. The Kier molecular flexibility index (Phi) is 7.99. The highest BCUT2D eigenvalue weighted by Crippen LogP contribution is 2.49. The van der Waals surface area contributed by atoms with Crippen molar-refractivity contribution >= 4 is 52.4 Å². The molecule has 10 heteroatoms. The van der Waals surface area contributed by atoms with E-state index in [0.717, 1.165) is 43.5 Å². The Morgan fingerprint density at radius 1 is 1.26 bits per heavy atom. The highest BCUT2D eigenvalue weighted by molar-refractivity contribution is 6.36. The fourth-order valence-electron chi connectivity index (χ4n) is 5.03. The zero-order valence-corrected chi connectivity index (χ0v) is 22.2. The van der Waals surface area contributed by atoms with Gasteiger partial charge in [-0.2, -0.15) is 0 Å². The number of carbonyl (C=O) groups is 2. The van der Waals surface area contributed by atoms with E-state index in [4.69, 9.17) is 34.8 Å². The van der Waals surface area contributed by atoms with Gasteiger partial charge in [-0.25, -0.2) is 4.68 Å². The monoisotopic (exact) mass is 540 g/mol. The van der Waals surface area contributed by atoms with E-state index in [1.165, 1.54) is 0 Å². The molecule has 1 unspecified atom stereocenters. The van der Waals surface area contributed by atoms with E-state index in [1.807, 2.05) is 18.5 Å². The van der Waals surface area contributed by atoms with Crippen LogP contribution in [0.4, 0.5) is 5.69 Å². The van der Waals surface area contributed by atoms with Gasteiger partial charge in [-0.05, 0) is 76.5 Å². The average molecular weight is 542 g/mol. The first-order chi connectivity index (χ1) is 16.5. The van der Waals surface area contributed by atoms with Gasteiger partial charge in [0, 0.05) is 34.6 Å². The molecule has 2 N–H and O–H groups in total. The van der Waals surface area contributed by atoms with E-state index < -0.39 is 5.97 Å². The number of carboxylic acid groups (broad SMARTS) is 1. The number of alkyl halides is 1. The first-order valence-electron chi connectivity index (χ1n) is 12.1. The van der Waals surface area contributed by atoms with Crippen molar-refractivity contribution < 1.29 is 14.7 Å². The van der Waals surface area contributed by atoms with Crippen LogP contribution in [0.1, 0.15) is 94.5 Å². The molecule has 1 amide bonds. The fraction of sp³-hybridized carbons (Fsp3) is 0.600. The van der Waals surface area contributed by atoms with Gasteiger partial charge in [0.15, 0.2) is 0 Å². The topological polar surface area (TPSA) is 97.1 Å². The van der Waals surface area contributed by atoms with E-state index >= 15 is 0 Å². The zero-order valence-electron chi connectivity index (χ0n) is 19.9. The molecule has 1 heterocycles. The van der Waals surface area contributed by atoms with Crippen molar-refractivity contribution in [3.8, 4) is 0 Å². The Morgan fingerprint density at radius 3 is 2.57 bits per heavy atom. The lowest BCUT2D eigenvalue weighted by Crippen LogP contribution is -2.32. The Hall–Kier alpha value is -1.83. The number of halogens is 3. The van der Waals surface area contributed by atoms with Gasteiger partial charge in [0.05, 0.1) is 28.1 Å². The summed E-state index contributed by atoms with van der Waals surface area (Å²) in [5.41, 5.74) is 2.30. The molecule has 2 aromatic rings. The number of benzene rings is 1. The summed E-state index contributed by atoms with van der Waals surface area (Å²) in [7, 11) is 0. The maximum absolute atomic E-state index is 12.9. The first-order valence-corrected chi connectivity index (χ1v) is 13.2. The van der Waals surface area contributed by atoms with Crippen LogP contribution in [0.2, 0.25) is 10.0 Å². The van der Waals surface area contributed by atoms with Crippen LogP contribution in [0.15, 0.2) is 18.2 Å². The predicted octanol–water partition coefficient (Wildman–Crippen LogP) is 6.80. The molecule has 7 nitrogen and oxygen atoms in total. The number of hydrogen-bond donors (Lipinski definition) is 2. The standard InChI is InChI=1S/C25H31Cl3N4O3/c1-25(2,28)13-14-9-18(10-14)32-24(15-3-4-15)23(30-31-32)16(5-8-22(34)35)11-21(33)29-20-7-6-17(26)12-19(20)27/h6-7,12,14-16,18H,3-5,8-11,13H2,1-2H3,(H,29,33)(H,34,35). The Bertz CT molecular complexity index is 1090. The van der Waals surface area contributed by atoms with Crippen LogP contribution in [0.5, 0.6) is 0 Å². The van der Waals surface area contributed by atoms with Crippen molar-refractivity contribution in [1.82, 2.24) is 15.0 Å². The lowest BCUT2D eigenvalue weighted by Gasteiger charge is -2.38. The third kappa shape index (κ3) is 6.89. The number of anilines is 1. The first kappa shape index (κ1) is 26.2. The van der Waals surface area contributed by atoms with Gasteiger partial charge in [-0.1, -0.05) is 28.4 Å². The molecule has 1 aromatic carbocycles. The van der Waals surface area contributed by atoms with Crippen molar-refractivity contribution in [2.24, 2.45) is 5.92 Å². The quantitative estimate of drug-likeness (QED) is 0.305. The number of aliphatic carboxylic acids is 1. The van der Waals surface area contributed by atoms with Crippen molar-refractivity contribution in [2.45, 2.75) is 88.0 Å². The molecule has 2 aliphatic rings. The molecular formula is C25H31Cl3N4O3. The smallest absolute Gasteiger partial charge is 0.303 e. The van der Waals surface area contributed by atoms with Crippen LogP contribution in [0.3, 0.4) is 0 Å². The van der Waals surface area contributed by atoms with Crippen LogP contribution < -0.4 is 5.32 Å². The van der Waals surface area contributed by atoms with E-state index in [1.54, 1.807) is 18.2 Å². The van der Waals surface area contributed by atoms with Crippen LogP contribution in [-0.2, 0) is 9.59 Å². The van der Waals surface area contributed by atoms with Gasteiger partial charge < -0.3 is 10.4 Å². The van der Waals surface area contributed by atoms with Crippen LogP contribution >= 0.6 is 34.8 Å². The normalized spacial score (nSPS) is 20.8. The molecule has 0 radical (unpaired) electrons. The van der Waals surface area contributed by atoms with Crippen LogP contribution in [-0.4, -0.2) is 36.9 Å². The Balaban J connectivity index is 1.51. The second-order valence-corrected chi connectivity index (χ2v) is 12.4. The number of amides is 1. The Morgan fingerprint density at radius 2 is 1.97 bits per heavy atom. The second kappa shape index (κ2) is 10.7. The molecule has 0 bridgehead atoms. The molecule has 2 fully saturated rings. The molecule has 0 saturated heterocycles. The minimum Gasteiger partial charge on any atom is -0.481 e. The SMILES string of the molecule is CC(C)(Cl)CC1CC(n2nnc(C(CCC(=O)O)CC(=O)Nc3ccc(Cl)cc3Cl)c2C2CC2)C1. The molecule has 2 saturated carbocycles. The second-order valence-electron chi connectivity index (χ2n) is 10.5. The summed E-state index contributed by atoms with van der Waals surface area (Å²) in [5.74, 6) is -0.579. The molecule has 4 rings (SSSR count). The summed E-state index contributed by atoms with van der Waals surface area (Å²) < 4.78 is 2.05. The lowest BCUT2D eigenvalue weighted by molar-refractivity contribution is -0.137. The van der Waals surface area contributed by atoms with E-state index in [2.05, 4.69) is 15.6 Å². The maximum Gasteiger partial charge on any atom is 0.303 e. The number of carboxylic acids is 1. The van der Waals surface area contributed by atoms with E-state index in [9.17, 15) is 14.7 Å². The van der Waals surface area contributed by atoms with Gasteiger partial charge in [0.2, 0.25) is 5.91 Å². The molecule has 35 heavy (non-hydrogen) atoms. The lowest BCUT2D eigenvalue weighted by atomic mass is 9.75. The summed E-state index contributed by atoms with van der Waals surface area (Å²) in [6, 6.07) is 5.14. The van der Waals surface area contributed by atoms with Crippen molar-refractivity contribution in [1.29, 1.82) is 0 Å². The van der Waals surface area contributed by atoms with Crippen molar-refractivity contribution in [3.63, 3.8) is 0 Å². The third-order valence-electron chi connectivity index (χ3n) is 6.78. The molecule has 1 atom stereocenters. The number of rotatable bonds is 11. The molecular weight excluding hydrogens is 511 g/mol. The van der Waals surface area contributed by atoms with Crippen LogP contribution in [0, 0.1) is 5.92 Å². The number of nitrogens with one attached hydrogen (secondary N) is 1. The minimum atomic E-state index is -0.901. The van der Waals surface area contributed by atoms with Gasteiger partial charge in [-0.3, -0.25) is 9.59 Å². The van der Waals surface area contributed by atoms with Gasteiger partial charge >= 0.3 is 5.97 Å². The Labute approximate surface area is 220 Å². The van der Waals surface area contributed by atoms with Crippen molar-refractivity contribution in [3.05, 3.63) is 39.6 Å². The van der Waals surface area contributed by atoms with Gasteiger partial charge in [0.1, 0.15) is 0 Å². The highest BCUT2D eigenvalue weighted by atomic mass is 35.5. The summed E-state index contributed by atoms with van der Waals surface area (Å²) in [6.45, 7) is 4.08. The highest BCUT2D eigenvalue weighted by Gasteiger charge is 2.40. The third-order valence-corrected chi connectivity index (χ3v) is 7.49. The molecule has 0 aliphatic heterocycles. The number of aromatic nitrogens is 3. The molecule has 190 valence electrons. The molecule has 2 aliphatic carbocycles. The van der Waals surface area contributed by atoms with Gasteiger partial charge in [-0.15, -0.1) is 16.7 Å².